The highest BCUT2D eigenvalue weighted by Gasteiger charge is 2.25. The number of hydrogen-bond donors (Lipinski definition) is 2. The Bertz CT molecular complexity index is 338. The molecule has 2 fully saturated rings. The van der Waals surface area contributed by atoms with Crippen molar-refractivity contribution in [3.63, 3.8) is 0 Å². The molecule has 0 aromatic rings. The maximum absolute atomic E-state index is 11.9. The van der Waals surface area contributed by atoms with Crippen molar-refractivity contribution in [2.75, 3.05) is 18.8 Å². The molecule has 2 rings (SSSR count). The number of thioether (sulfide) groups is 1. The van der Waals surface area contributed by atoms with Gasteiger partial charge in [0.2, 0.25) is 5.91 Å². The van der Waals surface area contributed by atoms with Crippen molar-refractivity contribution in [1.29, 1.82) is 0 Å². The zero-order chi connectivity index (χ0) is 13.7. The molecule has 1 aliphatic heterocycles. The van der Waals surface area contributed by atoms with Crippen LogP contribution in [0.15, 0.2) is 0 Å². The van der Waals surface area contributed by atoms with E-state index in [4.69, 9.17) is 0 Å². The van der Waals surface area contributed by atoms with Crippen molar-refractivity contribution in [1.82, 2.24) is 10.2 Å². The maximum Gasteiger partial charge on any atom is 0.281 e. The van der Waals surface area contributed by atoms with Gasteiger partial charge in [-0.15, -0.1) is 0 Å². The van der Waals surface area contributed by atoms with Gasteiger partial charge in [0.1, 0.15) is 0 Å². The third-order valence-corrected chi connectivity index (χ3v) is 4.67. The summed E-state index contributed by atoms with van der Waals surface area (Å²) in [7, 11) is 0. The molecule has 5 nitrogen and oxygen atoms in total. The minimum absolute atomic E-state index is 0.0596. The van der Waals surface area contributed by atoms with Gasteiger partial charge in [-0.3, -0.25) is 9.59 Å². The van der Waals surface area contributed by atoms with Crippen LogP contribution in [0.2, 0.25) is 0 Å². The number of carbonyl (C=O) groups excluding carboxylic acids is 2. The first-order valence-corrected chi connectivity index (χ1v) is 8.04. The van der Waals surface area contributed by atoms with Gasteiger partial charge in [-0.1, -0.05) is 31.0 Å². The lowest BCUT2D eigenvalue weighted by Crippen LogP contribution is -2.43. The molecule has 2 N–H and O–H groups in total. The van der Waals surface area contributed by atoms with Gasteiger partial charge in [-0.05, 0) is 12.8 Å². The molecule has 2 unspecified atom stereocenters. The smallest absolute Gasteiger partial charge is 0.281 e. The molecule has 1 saturated carbocycles. The number of aliphatic hydroxyl groups excluding tert-OH is 1. The molecule has 0 bridgehead atoms. The highest BCUT2D eigenvalue weighted by atomic mass is 32.2. The van der Waals surface area contributed by atoms with Crippen LogP contribution in [-0.2, 0) is 4.79 Å². The molecule has 2 amide bonds. The highest BCUT2D eigenvalue weighted by Crippen LogP contribution is 2.19. The van der Waals surface area contributed by atoms with Gasteiger partial charge in [0, 0.05) is 25.3 Å². The second-order valence-corrected chi connectivity index (χ2v) is 6.28. The molecule has 0 spiro atoms. The average Bonchev–Trinajstić information content (AvgIpc) is 2.69. The fourth-order valence-corrected chi connectivity index (χ4v) is 3.45. The Balaban J connectivity index is 1.72. The van der Waals surface area contributed by atoms with Crippen molar-refractivity contribution in [2.24, 2.45) is 0 Å². The predicted molar refractivity (Wildman–Crippen MR) is 75.1 cm³/mol. The van der Waals surface area contributed by atoms with E-state index in [1.54, 1.807) is 4.90 Å². The Hall–Kier alpha value is -0.750. The molecule has 1 aliphatic carbocycles. The van der Waals surface area contributed by atoms with Crippen molar-refractivity contribution >= 4 is 22.9 Å². The minimum atomic E-state index is -0.421. The van der Waals surface area contributed by atoms with E-state index in [1.165, 1.54) is 11.8 Å². The van der Waals surface area contributed by atoms with E-state index in [9.17, 15) is 14.7 Å². The number of nitrogens with zero attached hydrogens (tertiary/aromatic N) is 1. The van der Waals surface area contributed by atoms with Gasteiger partial charge < -0.3 is 15.3 Å². The van der Waals surface area contributed by atoms with Crippen LogP contribution in [0.3, 0.4) is 0 Å². The Morgan fingerprint density at radius 2 is 2.16 bits per heavy atom. The third kappa shape index (κ3) is 4.38. The molecule has 0 aromatic heterocycles. The van der Waals surface area contributed by atoms with E-state index in [-0.39, 0.29) is 17.2 Å². The summed E-state index contributed by atoms with van der Waals surface area (Å²) in [6.07, 6.45) is 4.75. The summed E-state index contributed by atoms with van der Waals surface area (Å²) >= 11 is 1.31. The maximum atomic E-state index is 11.9. The number of rotatable bonds is 4. The topological polar surface area (TPSA) is 69.6 Å². The Kier molecular flexibility index (Phi) is 5.51. The molecule has 6 heteroatoms. The third-order valence-electron chi connectivity index (χ3n) is 3.78. The van der Waals surface area contributed by atoms with Gasteiger partial charge in [-0.25, -0.2) is 0 Å². The zero-order valence-electron chi connectivity index (χ0n) is 11.1. The fourth-order valence-electron chi connectivity index (χ4n) is 2.60. The van der Waals surface area contributed by atoms with Crippen molar-refractivity contribution < 1.29 is 14.7 Å². The van der Waals surface area contributed by atoms with Gasteiger partial charge in [0.15, 0.2) is 0 Å². The number of carbonyl (C=O) groups is 2. The molecule has 1 saturated heterocycles. The number of aliphatic hydroxyl groups is 1. The van der Waals surface area contributed by atoms with E-state index in [1.807, 2.05) is 0 Å². The molecular weight excluding hydrogens is 264 g/mol. The van der Waals surface area contributed by atoms with E-state index >= 15 is 0 Å². The van der Waals surface area contributed by atoms with E-state index in [0.717, 1.165) is 44.4 Å². The Morgan fingerprint density at radius 1 is 1.37 bits per heavy atom. The van der Waals surface area contributed by atoms with Crippen LogP contribution in [-0.4, -0.2) is 52.1 Å². The first kappa shape index (κ1) is 14.7. The van der Waals surface area contributed by atoms with Gasteiger partial charge in [0.25, 0.3) is 5.24 Å². The van der Waals surface area contributed by atoms with Crippen LogP contribution in [0, 0.1) is 0 Å². The molecule has 2 aliphatic rings. The van der Waals surface area contributed by atoms with Gasteiger partial charge in [0.05, 0.1) is 12.1 Å². The van der Waals surface area contributed by atoms with Crippen molar-refractivity contribution in [2.45, 2.75) is 50.7 Å². The fraction of sp³-hybridized carbons (Fsp3) is 0.846. The van der Waals surface area contributed by atoms with Crippen LogP contribution < -0.4 is 5.32 Å². The first-order chi connectivity index (χ1) is 9.16. The zero-order valence-corrected chi connectivity index (χ0v) is 12.0. The van der Waals surface area contributed by atoms with Crippen LogP contribution >= 0.6 is 11.8 Å². The molecule has 0 aromatic carbocycles. The summed E-state index contributed by atoms with van der Waals surface area (Å²) < 4.78 is 0. The van der Waals surface area contributed by atoms with Crippen molar-refractivity contribution in [3.8, 4) is 0 Å². The van der Waals surface area contributed by atoms with E-state index < -0.39 is 6.10 Å². The van der Waals surface area contributed by atoms with Crippen molar-refractivity contribution in [3.05, 3.63) is 0 Å². The second kappa shape index (κ2) is 7.14. The lowest BCUT2D eigenvalue weighted by molar-refractivity contribution is -0.122. The van der Waals surface area contributed by atoms with Gasteiger partial charge in [-0.2, -0.15) is 0 Å². The summed E-state index contributed by atoms with van der Waals surface area (Å²) in [5, 5.41) is 12.9. The molecule has 108 valence electrons. The normalized spacial score (nSPS) is 28.3. The molecule has 1 heterocycles. The lowest BCUT2D eigenvalue weighted by atomic mass is 10.1. The van der Waals surface area contributed by atoms with Crippen LogP contribution in [0.1, 0.15) is 38.5 Å². The molecule has 0 radical (unpaired) electrons. The number of amides is 2. The molecule has 19 heavy (non-hydrogen) atoms. The predicted octanol–water partition coefficient (Wildman–Crippen LogP) is 1.36. The SMILES string of the molecule is O=C(CCN1CCSC1=O)NC1CCCCCC1O. The Labute approximate surface area is 118 Å². The van der Waals surface area contributed by atoms with E-state index in [0.29, 0.717) is 13.0 Å². The first-order valence-electron chi connectivity index (χ1n) is 7.06. The van der Waals surface area contributed by atoms with Crippen LogP contribution in [0.4, 0.5) is 4.79 Å². The van der Waals surface area contributed by atoms with Crippen LogP contribution in [0.5, 0.6) is 0 Å². The standard InChI is InChI=1S/C13H22N2O3S/c16-11-5-3-1-2-4-10(11)14-12(17)6-7-15-8-9-19-13(15)18/h10-11,16H,1-9H2,(H,14,17). The summed E-state index contributed by atoms with van der Waals surface area (Å²) in [6, 6.07) is -0.112. The number of nitrogens with one attached hydrogen (secondary N) is 1. The largest absolute Gasteiger partial charge is 0.391 e. The van der Waals surface area contributed by atoms with E-state index in [2.05, 4.69) is 5.32 Å². The Morgan fingerprint density at radius 3 is 2.89 bits per heavy atom. The monoisotopic (exact) mass is 286 g/mol. The van der Waals surface area contributed by atoms with Crippen LogP contribution in [0.25, 0.3) is 0 Å². The summed E-state index contributed by atoms with van der Waals surface area (Å²) in [4.78, 5) is 25.0. The quantitative estimate of drug-likeness (QED) is 0.766. The summed E-state index contributed by atoms with van der Waals surface area (Å²) in [5.74, 6) is 0.762. The molecular formula is C13H22N2O3S. The summed E-state index contributed by atoms with van der Waals surface area (Å²) in [6.45, 7) is 1.23. The van der Waals surface area contributed by atoms with Gasteiger partial charge >= 0.3 is 0 Å². The second-order valence-electron chi connectivity index (χ2n) is 5.23. The average molecular weight is 286 g/mol. The lowest BCUT2D eigenvalue weighted by Gasteiger charge is -2.22. The number of hydrogen-bond acceptors (Lipinski definition) is 4. The highest BCUT2D eigenvalue weighted by molar-refractivity contribution is 8.13. The minimum Gasteiger partial charge on any atom is -0.391 e. The summed E-state index contributed by atoms with van der Waals surface area (Å²) in [5.41, 5.74) is 0. The molecule has 2 atom stereocenters.